The van der Waals surface area contributed by atoms with Crippen molar-refractivity contribution in [2.75, 3.05) is 6.54 Å². The fourth-order valence-corrected chi connectivity index (χ4v) is 2.69. The molecular formula is C20H31N5. The van der Waals surface area contributed by atoms with Crippen LogP contribution in [-0.4, -0.2) is 27.8 Å². The fraction of sp³-hybridized carbons (Fsp3) is 0.500. The van der Waals surface area contributed by atoms with Gasteiger partial charge in [-0.2, -0.15) is 5.10 Å². The van der Waals surface area contributed by atoms with Crippen LogP contribution < -0.4 is 10.6 Å². The van der Waals surface area contributed by atoms with Crippen LogP contribution in [0.5, 0.6) is 0 Å². The Morgan fingerprint density at radius 3 is 2.44 bits per heavy atom. The number of aromatic nitrogens is 2. The first-order valence-electron chi connectivity index (χ1n) is 8.93. The van der Waals surface area contributed by atoms with Gasteiger partial charge in [0.2, 0.25) is 0 Å². The van der Waals surface area contributed by atoms with Crippen molar-refractivity contribution in [1.82, 2.24) is 20.4 Å². The second-order valence-corrected chi connectivity index (χ2v) is 7.36. The summed E-state index contributed by atoms with van der Waals surface area (Å²) in [6, 6.07) is 10.4. The average Bonchev–Trinajstić information content (AvgIpc) is 2.79. The van der Waals surface area contributed by atoms with Crippen molar-refractivity contribution >= 4 is 5.96 Å². The number of nitrogens with zero attached hydrogens (tertiary/aromatic N) is 3. The van der Waals surface area contributed by atoms with Gasteiger partial charge in [-0.05, 0) is 47.1 Å². The van der Waals surface area contributed by atoms with Crippen molar-refractivity contribution < 1.29 is 0 Å². The monoisotopic (exact) mass is 341 g/mol. The Labute approximate surface area is 151 Å². The number of guanidine groups is 1. The number of rotatable bonds is 5. The van der Waals surface area contributed by atoms with Gasteiger partial charge >= 0.3 is 0 Å². The largest absolute Gasteiger partial charge is 0.357 e. The number of hydrogen-bond donors (Lipinski definition) is 2. The normalized spacial score (nSPS) is 12.3. The minimum absolute atomic E-state index is 0.0252. The minimum atomic E-state index is -0.0252. The summed E-state index contributed by atoms with van der Waals surface area (Å²) >= 11 is 0. The molecule has 5 nitrogen and oxygen atoms in total. The van der Waals surface area contributed by atoms with Crippen molar-refractivity contribution in [3.63, 3.8) is 0 Å². The lowest BCUT2D eigenvalue weighted by molar-refractivity contribution is 0.501. The minimum Gasteiger partial charge on any atom is -0.357 e. The predicted molar refractivity (Wildman–Crippen MR) is 105 cm³/mol. The molecule has 0 saturated carbocycles. The summed E-state index contributed by atoms with van der Waals surface area (Å²) in [7, 11) is 0. The molecule has 0 atom stereocenters. The van der Waals surface area contributed by atoms with Crippen molar-refractivity contribution in [2.45, 2.75) is 60.2 Å². The van der Waals surface area contributed by atoms with E-state index in [1.54, 1.807) is 0 Å². The predicted octanol–water partition coefficient (Wildman–Crippen LogP) is 3.40. The maximum absolute atomic E-state index is 4.75. The molecule has 0 fully saturated rings. The van der Waals surface area contributed by atoms with Gasteiger partial charge in [-0.3, -0.25) is 4.68 Å². The summed E-state index contributed by atoms with van der Waals surface area (Å²) in [6.45, 7) is 14.9. The molecule has 1 aromatic heterocycles. The van der Waals surface area contributed by atoms with Crippen molar-refractivity contribution in [1.29, 1.82) is 0 Å². The summed E-state index contributed by atoms with van der Waals surface area (Å²) in [6.07, 6.45) is 0. The number of benzene rings is 1. The third-order valence-corrected chi connectivity index (χ3v) is 3.94. The van der Waals surface area contributed by atoms with Gasteiger partial charge in [0.05, 0.1) is 18.8 Å². The van der Waals surface area contributed by atoms with E-state index in [1.807, 2.05) is 6.07 Å². The van der Waals surface area contributed by atoms with Crippen LogP contribution in [-0.2, 0) is 13.1 Å². The summed E-state index contributed by atoms with van der Waals surface area (Å²) in [5, 5.41) is 11.4. The Kier molecular flexibility index (Phi) is 6.23. The van der Waals surface area contributed by atoms with Crippen LogP contribution in [0, 0.1) is 13.8 Å². The first-order valence-corrected chi connectivity index (χ1v) is 8.93. The number of nitrogens with one attached hydrogen (secondary N) is 2. The SMILES string of the molecule is CCNC(=NCc1c(C)nn(Cc2ccccc2)c1C)NC(C)(C)C. The fourth-order valence-electron chi connectivity index (χ4n) is 2.69. The molecule has 2 aromatic rings. The van der Waals surface area contributed by atoms with Crippen molar-refractivity contribution in [3.8, 4) is 0 Å². The van der Waals surface area contributed by atoms with E-state index in [9.17, 15) is 0 Å². The molecule has 0 amide bonds. The molecular weight excluding hydrogens is 310 g/mol. The third-order valence-electron chi connectivity index (χ3n) is 3.94. The quantitative estimate of drug-likeness (QED) is 0.647. The van der Waals surface area contributed by atoms with Gasteiger partial charge in [-0.1, -0.05) is 30.3 Å². The summed E-state index contributed by atoms with van der Waals surface area (Å²) in [4.78, 5) is 4.75. The van der Waals surface area contributed by atoms with E-state index in [-0.39, 0.29) is 5.54 Å². The molecule has 0 saturated heterocycles. The summed E-state index contributed by atoms with van der Waals surface area (Å²) in [5.41, 5.74) is 4.65. The molecule has 1 aromatic carbocycles. The number of aliphatic imine (C=N–C) groups is 1. The van der Waals surface area contributed by atoms with E-state index >= 15 is 0 Å². The average molecular weight is 342 g/mol. The molecule has 0 radical (unpaired) electrons. The van der Waals surface area contributed by atoms with Gasteiger partial charge in [0.25, 0.3) is 0 Å². The molecule has 0 aliphatic heterocycles. The molecule has 2 N–H and O–H groups in total. The molecule has 0 unspecified atom stereocenters. The summed E-state index contributed by atoms with van der Waals surface area (Å²) < 4.78 is 2.07. The number of aryl methyl sites for hydroxylation is 1. The van der Waals surface area contributed by atoms with E-state index in [0.717, 1.165) is 24.7 Å². The highest BCUT2D eigenvalue weighted by Gasteiger charge is 2.14. The van der Waals surface area contributed by atoms with Gasteiger partial charge in [0.15, 0.2) is 5.96 Å². The second kappa shape index (κ2) is 8.19. The lowest BCUT2D eigenvalue weighted by Gasteiger charge is -2.23. The Bertz CT molecular complexity index is 708. The van der Waals surface area contributed by atoms with Crippen LogP contribution in [0.25, 0.3) is 0 Å². The van der Waals surface area contributed by atoms with E-state index < -0.39 is 0 Å². The Balaban J connectivity index is 2.17. The van der Waals surface area contributed by atoms with E-state index in [4.69, 9.17) is 10.1 Å². The Morgan fingerprint density at radius 2 is 1.84 bits per heavy atom. The van der Waals surface area contributed by atoms with Crippen molar-refractivity contribution in [3.05, 3.63) is 52.8 Å². The molecule has 2 rings (SSSR count). The first-order chi connectivity index (χ1) is 11.8. The maximum Gasteiger partial charge on any atom is 0.191 e. The lowest BCUT2D eigenvalue weighted by Crippen LogP contribution is -2.47. The molecule has 136 valence electrons. The number of hydrogen-bond acceptors (Lipinski definition) is 2. The Morgan fingerprint density at radius 1 is 1.16 bits per heavy atom. The van der Waals surface area contributed by atoms with E-state index in [2.05, 4.69) is 81.1 Å². The topological polar surface area (TPSA) is 54.2 Å². The third kappa shape index (κ3) is 5.62. The van der Waals surface area contributed by atoms with Gasteiger partial charge in [-0.25, -0.2) is 4.99 Å². The van der Waals surface area contributed by atoms with Crippen LogP contribution in [0.3, 0.4) is 0 Å². The van der Waals surface area contributed by atoms with Crippen LogP contribution in [0.4, 0.5) is 0 Å². The maximum atomic E-state index is 4.75. The second-order valence-electron chi connectivity index (χ2n) is 7.36. The molecule has 1 heterocycles. The van der Waals surface area contributed by atoms with E-state index in [0.29, 0.717) is 6.54 Å². The van der Waals surface area contributed by atoms with Crippen LogP contribution in [0.1, 0.15) is 50.2 Å². The van der Waals surface area contributed by atoms with Crippen LogP contribution >= 0.6 is 0 Å². The standard InChI is InChI=1S/C20H31N5/c1-7-21-19(23-20(4,5)6)22-13-18-15(2)24-25(16(18)3)14-17-11-9-8-10-12-17/h8-12H,7,13-14H2,1-6H3,(H2,21,22,23). The van der Waals surface area contributed by atoms with Gasteiger partial charge in [0, 0.05) is 23.3 Å². The smallest absolute Gasteiger partial charge is 0.191 e. The molecule has 25 heavy (non-hydrogen) atoms. The van der Waals surface area contributed by atoms with Crippen LogP contribution in [0.2, 0.25) is 0 Å². The molecule has 0 bridgehead atoms. The van der Waals surface area contributed by atoms with Gasteiger partial charge in [0.1, 0.15) is 0 Å². The zero-order valence-electron chi connectivity index (χ0n) is 16.3. The lowest BCUT2D eigenvalue weighted by atomic mass is 10.1. The Hall–Kier alpha value is -2.30. The highest BCUT2D eigenvalue weighted by molar-refractivity contribution is 5.80. The van der Waals surface area contributed by atoms with E-state index in [1.165, 1.54) is 16.8 Å². The molecule has 0 aliphatic carbocycles. The summed E-state index contributed by atoms with van der Waals surface area (Å²) in [5.74, 6) is 0.838. The van der Waals surface area contributed by atoms with Gasteiger partial charge < -0.3 is 10.6 Å². The van der Waals surface area contributed by atoms with Crippen molar-refractivity contribution in [2.24, 2.45) is 4.99 Å². The first kappa shape index (κ1) is 19.0. The van der Waals surface area contributed by atoms with Gasteiger partial charge in [-0.15, -0.1) is 0 Å². The zero-order valence-corrected chi connectivity index (χ0v) is 16.3. The molecule has 0 spiro atoms. The highest BCUT2D eigenvalue weighted by atomic mass is 15.3. The zero-order chi connectivity index (χ0) is 18.4. The highest BCUT2D eigenvalue weighted by Crippen LogP contribution is 2.16. The van der Waals surface area contributed by atoms with Crippen LogP contribution in [0.15, 0.2) is 35.3 Å². The molecule has 5 heteroatoms. The molecule has 0 aliphatic rings.